The summed E-state index contributed by atoms with van der Waals surface area (Å²) in [4.78, 5) is 9.15. The van der Waals surface area contributed by atoms with Crippen LogP contribution in [0.4, 0.5) is 17.5 Å². The van der Waals surface area contributed by atoms with Crippen LogP contribution in [0.15, 0.2) is 60.8 Å². The molecule has 0 saturated heterocycles. The number of rotatable bonds is 6. The molecule has 7 heteroatoms. The average Bonchev–Trinajstić information content (AvgIpc) is 3.14. The van der Waals surface area contributed by atoms with Crippen molar-refractivity contribution in [2.75, 3.05) is 24.3 Å². The van der Waals surface area contributed by atoms with Gasteiger partial charge in [0.2, 0.25) is 5.95 Å². The SMILES string of the molecule is CCOc1ccc(Nc2nc(NC)nc3c2cnn3-c2ccccc2)cc1. The second-order valence-electron chi connectivity index (χ2n) is 5.86. The topological polar surface area (TPSA) is 76.9 Å². The number of ether oxygens (including phenoxy) is 1. The normalized spacial score (nSPS) is 10.7. The van der Waals surface area contributed by atoms with Crippen molar-refractivity contribution in [1.29, 1.82) is 0 Å². The number of hydrogen-bond acceptors (Lipinski definition) is 6. The van der Waals surface area contributed by atoms with E-state index in [0.29, 0.717) is 18.4 Å². The summed E-state index contributed by atoms with van der Waals surface area (Å²) in [6.45, 7) is 2.61. The van der Waals surface area contributed by atoms with E-state index in [2.05, 4.69) is 25.7 Å². The van der Waals surface area contributed by atoms with Gasteiger partial charge in [0.25, 0.3) is 0 Å². The van der Waals surface area contributed by atoms with Gasteiger partial charge in [-0.3, -0.25) is 0 Å². The van der Waals surface area contributed by atoms with Gasteiger partial charge in [0, 0.05) is 12.7 Å². The van der Waals surface area contributed by atoms with Gasteiger partial charge >= 0.3 is 0 Å². The molecule has 27 heavy (non-hydrogen) atoms. The van der Waals surface area contributed by atoms with Gasteiger partial charge in [0.05, 0.1) is 23.9 Å². The molecule has 2 aromatic carbocycles. The fraction of sp³-hybridized carbons (Fsp3) is 0.150. The first kappa shape index (κ1) is 16.8. The predicted molar refractivity (Wildman–Crippen MR) is 107 cm³/mol. The molecule has 0 amide bonds. The number of hydrogen-bond donors (Lipinski definition) is 2. The Kier molecular flexibility index (Phi) is 4.57. The summed E-state index contributed by atoms with van der Waals surface area (Å²) in [6.07, 6.45) is 1.78. The van der Waals surface area contributed by atoms with Gasteiger partial charge in [0.15, 0.2) is 5.65 Å². The van der Waals surface area contributed by atoms with Gasteiger partial charge in [-0.1, -0.05) is 18.2 Å². The zero-order valence-corrected chi connectivity index (χ0v) is 15.2. The predicted octanol–water partition coefficient (Wildman–Crippen LogP) is 4.00. The molecule has 0 saturated carbocycles. The van der Waals surface area contributed by atoms with Crippen LogP contribution in [-0.4, -0.2) is 33.4 Å². The Labute approximate surface area is 157 Å². The third-order valence-corrected chi connectivity index (χ3v) is 4.08. The fourth-order valence-electron chi connectivity index (χ4n) is 2.81. The molecule has 0 bridgehead atoms. The van der Waals surface area contributed by atoms with E-state index in [1.54, 1.807) is 17.9 Å². The first-order valence-electron chi connectivity index (χ1n) is 8.77. The lowest BCUT2D eigenvalue weighted by Crippen LogP contribution is -2.04. The molecule has 136 valence electrons. The van der Waals surface area contributed by atoms with Gasteiger partial charge in [0.1, 0.15) is 11.6 Å². The molecule has 0 spiro atoms. The quantitative estimate of drug-likeness (QED) is 0.541. The number of aromatic nitrogens is 4. The Balaban J connectivity index is 1.75. The number of fused-ring (bicyclic) bond motifs is 1. The van der Waals surface area contributed by atoms with Crippen LogP contribution in [0.2, 0.25) is 0 Å². The van der Waals surface area contributed by atoms with Crippen LogP contribution in [0.1, 0.15) is 6.92 Å². The highest BCUT2D eigenvalue weighted by atomic mass is 16.5. The highest BCUT2D eigenvalue weighted by Gasteiger charge is 2.14. The maximum absolute atomic E-state index is 5.49. The van der Waals surface area contributed by atoms with Gasteiger partial charge in [-0.05, 0) is 43.3 Å². The number of nitrogens with zero attached hydrogens (tertiary/aromatic N) is 4. The third-order valence-electron chi connectivity index (χ3n) is 4.08. The molecule has 0 fully saturated rings. The summed E-state index contributed by atoms with van der Waals surface area (Å²) in [7, 11) is 1.80. The summed E-state index contributed by atoms with van der Waals surface area (Å²) in [5.74, 6) is 2.05. The van der Waals surface area contributed by atoms with E-state index in [1.165, 1.54) is 0 Å². The van der Waals surface area contributed by atoms with E-state index in [-0.39, 0.29) is 0 Å². The van der Waals surface area contributed by atoms with Gasteiger partial charge in [-0.2, -0.15) is 15.1 Å². The summed E-state index contributed by atoms with van der Waals surface area (Å²) < 4.78 is 7.30. The molecule has 0 aliphatic heterocycles. The Bertz CT molecular complexity index is 1040. The summed E-state index contributed by atoms with van der Waals surface area (Å²) >= 11 is 0. The maximum atomic E-state index is 5.49. The van der Waals surface area contributed by atoms with Crippen molar-refractivity contribution in [3.63, 3.8) is 0 Å². The third kappa shape index (κ3) is 3.39. The number of para-hydroxylation sites is 1. The summed E-state index contributed by atoms with van der Waals surface area (Å²) in [5, 5.41) is 11.7. The molecule has 0 aliphatic rings. The van der Waals surface area contributed by atoms with Gasteiger partial charge in [-0.25, -0.2) is 4.68 Å². The number of benzene rings is 2. The van der Waals surface area contributed by atoms with Crippen molar-refractivity contribution in [3.05, 3.63) is 60.8 Å². The van der Waals surface area contributed by atoms with Crippen LogP contribution in [0.3, 0.4) is 0 Å². The molecule has 2 heterocycles. The van der Waals surface area contributed by atoms with Crippen LogP contribution in [0, 0.1) is 0 Å². The molecule has 0 atom stereocenters. The van der Waals surface area contributed by atoms with E-state index >= 15 is 0 Å². The molecular formula is C20H20N6O. The number of nitrogens with one attached hydrogen (secondary N) is 2. The van der Waals surface area contributed by atoms with Crippen molar-refractivity contribution in [1.82, 2.24) is 19.7 Å². The highest BCUT2D eigenvalue weighted by Crippen LogP contribution is 2.27. The molecule has 4 aromatic rings. The van der Waals surface area contributed by atoms with Crippen LogP contribution >= 0.6 is 0 Å². The van der Waals surface area contributed by atoms with Gasteiger partial charge in [-0.15, -0.1) is 0 Å². The molecule has 4 rings (SSSR count). The maximum Gasteiger partial charge on any atom is 0.226 e. The minimum Gasteiger partial charge on any atom is -0.494 e. The Morgan fingerprint density at radius 2 is 1.78 bits per heavy atom. The second-order valence-corrected chi connectivity index (χ2v) is 5.86. The van der Waals surface area contributed by atoms with Crippen LogP contribution in [-0.2, 0) is 0 Å². The molecule has 0 aliphatic carbocycles. The second kappa shape index (κ2) is 7.33. The molecule has 7 nitrogen and oxygen atoms in total. The Hall–Kier alpha value is -3.61. The average molecular weight is 360 g/mol. The zero-order chi connectivity index (χ0) is 18.6. The van der Waals surface area contributed by atoms with E-state index in [4.69, 9.17) is 4.74 Å². The van der Waals surface area contributed by atoms with Crippen LogP contribution in [0.25, 0.3) is 16.7 Å². The van der Waals surface area contributed by atoms with E-state index in [9.17, 15) is 0 Å². The summed E-state index contributed by atoms with van der Waals surface area (Å²) in [6, 6.07) is 17.7. The first-order chi connectivity index (χ1) is 13.3. The Morgan fingerprint density at radius 1 is 1.00 bits per heavy atom. The standard InChI is InChI=1S/C20H20N6O/c1-3-27-16-11-9-14(10-12-16)23-18-17-13-22-26(15-7-5-4-6-8-15)19(17)25-20(21-2)24-18/h4-13H,3H2,1-2H3,(H2,21,23,24,25). The lowest BCUT2D eigenvalue weighted by atomic mass is 10.3. The number of anilines is 3. The van der Waals surface area contributed by atoms with Crippen molar-refractivity contribution < 1.29 is 4.74 Å². The van der Waals surface area contributed by atoms with Crippen molar-refractivity contribution in [2.45, 2.75) is 6.92 Å². The van der Waals surface area contributed by atoms with E-state index < -0.39 is 0 Å². The molecule has 2 N–H and O–H groups in total. The monoisotopic (exact) mass is 360 g/mol. The smallest absolute Gasteiger partial charge is 0.226 e. The Morgan fingerprint density at radius 3 is 2.48 bits per heavy atom. The van der Waals surface area contributed by atoms with Crippen molar-refractivity contribution >= 4 is 28.5 Å². The minimum absolute atomic E-state index is 0.522. The first-order valence-corrected chi connectivity index (χ1v) is 8.77. The minimum atomic E-state index is 0.522. The van der Waals surface area contributed by atoms with Crippen molar-refractivity contribution in [3.8, 4) is 11.4 Å². The molecular weight excluding hydrogens is 340 g/mol. The highest BCUT2D eigenvalue weighted by molar-refractivity contribution is 5.90. The summed E-state index contributed by atoms with van der Waals surface area (Å²) in [5.41, 5.74) is 2.59. The lowest BCUT2D eigenvalue weighted by molar-refractivity contribution is 0.340. The van der Waals surface area contributed by atoms with Crippen molar-refractivity contribution in [2.24, 2.45) is 0 Å². The van der Waals surface area contributed by atoms with E-state index in [0.717, 1.165) is 28.2 Å². The van der Waals surface area contributed by atoms with Gasteiger partial charge < -0.3 is 15.4 Å². The molecule has 0 radical (unpaired) electrons. The molecule has 0 unspecified atom stereocenters. The van der Waals surface area contributed by atoms with E-state index in [1.807, 2.05) is 61.5 Å². The van der Waals surface area contributed by atoms with Crippen LogP contribution < -0.4 is 15.4 Å². The van der Waals surface area contributed by atoms with Crippen LogP contribution in [0.5, 0.6) is 5.75 Å². The largest absolute Gasteiger partial charge is 0.494 e. The zero-order valence-electron chi connectivity index (χ0n) is 15.2. The lowest BCUT2D eigenvalue weighted by Gasteiger charge is -2.10. The molecule has 2 aromatic heterocycles. The fourth-order valence-corrected chi connectivity index (χ4v) is 2.81.